The highest BCUT2D eigenvalue weighted by Crippen LogP contribution is 2.27. The quantitative estimate of drug-likeness (QED) is 0.278. The number of aliphatic hydroxyl groups excluding tert-OH is 1. The van der Waals surface area contributed by atoms with Gasteiger partial charge in [0.2, 0.25) is 5.91 Å². The predicted octanol–water partition coefficient (Wildman–Crippen LogP) is 0.699. The van der Waals surface area contributed by atoms with Crippen LogP contribution in [0.25, 0.3) is 0 Å². The van der Waals surface area contributed by atoms with E-state index in [1.54, 1.807) is 19.1 Å². The number of aromatic nitrogens is 2. The topological polar surface area (TPSA) is 169 Å². The third-order valence-corrected chi connectivity index (χ3v) is 5.22. The van der Waals surface area contributed by atoms with E-state index in [2.05, 4.69) is 15.6 Å². The first-order valence-corrected chi connectivity index (χ1v) is 11.2. The van der Waals surface area contributed by atoms with Crippen LogP contribution < -0.4 is 16.3 Å². The number of hydrogen-bond acceptors (Lipinski definition) is 9. The van der Waals surface area contributed by atoms with Crippen molar-refractivity contribution in [3.63, 3.8) is 0 Å². The zero-order chi connectivity index (χ0) is 25.4. The maximum absolute atomic E-state index is 12.2. The smallest absolute Gasteiger partial charge is 0.351 e. The molecule has 12 nitrogen and oxygen atoms in total. The van der Waals surface area contributed by atoms with Crippen molar-refractivity contribution in [2.45, 2.75) is 51.0 Å². The summed E-state index contributed by atoms with van der Waals surface area (Å²) < 4.78 is 11.7. The Morgan fingerprint density at radius 3 is 2.69 bits per heavy atom. The van der Waals surface area contributed by atoms with Crippen molar-refractivity contribution in [1.29, 1.82) is 0 Å². The lowest BCUT2D eigenvalue weighted by molar-refractivity contribution is -0.144. The molecular weight excluding hydrogens is 460 g/mol. The molecule has 35 heavy (non-hydrogen) atoms. The standard InChI is InChI=1S/C23H28N4O8/c1-14-13-17(29)22(35-14)27-11-9-18(26-23(27)33)25-19(30)7-8-20(31)34-12-4-10-24-21(32)15-5-2-3-6-16(15)28/h2-3,5-6,9,11,14,17,22,28-29H,4,7-8,10,12-13H2,1H3,(H,24,32)(H,25,26,30,33). The van der Waals surface area contributed by atoms with E-state index in [0.717, 1.165) is 4.57 Å². The molecule has 1 aromatic heterocycles. The van der Waals surface area contributed by atoms with Crippen LogP contribution in [0.15, 0.2) is 41.3 Å². The SMILES string of the molecule is CC1CC(O)C(n2ccc(NC(=O)CCC(=O)OCCCNC(=O)c3ccccc3O)nc2=O)O1. The van der Waals surface area contributed by atoms with Crippen LogP contribution in [-0.2, 0) is 19.1 Å². The molecule has 1 fully saturated rings. The van der Waals surface area contributed by atoms with Crippen LogP contribution in [0.5, 0.6) is 5.75 Å². The highest BCUT2D eigenvalue weighted by Gasteiger charge is 2.33. The average molecular weight is 488 g/mol. The van der Waals surface area contributed by atoms with Crippen LogP contribution in [0.4, 0.5) is 5.82 Å². The van der Waals surface area contributed by atoms with Crippen molar-refractivity contribution in [3.8, 4) is 5.75 Å². The molecule has 3 atom stereocenters. The van der Waals surface area contributed by atoms with Gasteiger partial charge in [0.25, 0.3) is 5.91 Å². The zero-order valence-electron chi connectivity index (χ0n) is 19.2. The van der Waals surface area contributed by atoms with E-state index >= 15 is 0 Å². The minimum atomic E-state index is -0.830. The molecule has 0 aliphatic carbocycles. The number of carbonyl (C=O) groups excluding carboxylic acids is 3. The Balaban J connectivity index is 1.33. The van der Waals surface area contributed by atoms with Crippen molar-refractivity contribution in [2.75, 3.05) is 18.5 Å². The summed E-state index contributed by atoms with van der Waals surface area (Å²) >= 11 is 0. The van der Waals surface area contributed by atoms with Gasteiger partial charge in [-0.2, -0.15) is 4.98 Å². The normalized spacial score (nSPS) is 19.2. The van der Waals surface area contributed by atoms with Crippen molar-refractivity contribution in [1.82, 2.24) is 14.9 Å². The fourth-order valence-electron chi connectivity index (χ4n) is 3.48. The van der Waals surface area contributed by atoms with Crippen LogP contribution in [-0.4, -0.2) is 62.9 Å². The predicted molar refractivity (Wildman–Crippen MR) is 123 cm³/mol. The Hall–Kier alpha value is -3.77. The Bertz CT molecular complexity index is 1120. The summed E-state index contributed by atoms with van der Waals surface area (Å²) in [5.41, 5.74) is -0.531. The maximum atomic E-state index is 12.2. The summed E-state index contributed by atoms with van der Waals surface area (Å²) in [6, 6.07) is 7.55. The summed E-state index contributed by atoms with van der Waals surface area (Å²) in [7, 11) is 0. The van der Waals surface area contributed by atoms with Crippen LogP contribution in [0.2, 0.25) is 0 Å². The molecule has 1 aliphatic rings. The molecule has 0 radical (unpaired) electrons. The fourth-order valence-corrected chi connectivity index (χ4v) is 3.48. The first kappa shape index (κ1) is 25.8. The number of phenolic OH excluding ortho intramolecular Hbond substituents is 1. The summed E-state index contributed by atoms with van der Waals surface area (Å²) in [5.74, 6) is -1.65. The van der Waals surface area contributed by atoms with Gasteiger partial charge in [-0.15, -0.1) is 0 Å². The van der Waals surface area contributed by atoms with E-state index < -0.39 is 35.8 Å². The number of phenols is 1. The van der Waals surface area contributed by atoms with Gasteiger partial charge in [0.05, 0.1) is 24.7 Å². The van der Waals surface area contributed by atoms with Crippen molar-refractivity contribution in [3.05, 3.63) is 52.6 Å². The minimum Gasteiger partial charge on any atom is -0.507 e. The van der Waals surface area contributed by atoms with Crippen LogP contribution in [0.1, 0.15) is 49.2 Å². The number of benzene rings is 1. The number of aromatic hydroxyl groups is 1. The molecule has 1 aliphatic heterocycles. The third kappa shape index (κ3) is 7.36. The van der Waals surface area contributed by atoms with Crippen LogP contribution in [0.3, 0.4) is 0 Å². The van der Waals surface area contributed by atoms with E-state index in [0.29, 0.717) is 12.8 Å². The molecule has 0 spiro atoms. The van der Waals surface area contributed by atoms with Gasteiger partial charge in [-0.05, 0) is 31.5 Å². The molecule has 3 unspecified atom stereocenters. The lowest BCUT2D eigenvalue weighted by atomic mass is 10.2. The number of nitrogens with one attached hydrogen (secondary N) is 2. The molecule has 188 valence electrons. The largest absolute Gasteiger partial charge is 0.507 e. The zero-order valence-corrected chi connectivity index (χ0v) is 19.2. The highest BCUT2D eigenvalue weighted by atomic mass is 16.5. The average Bonchev–Trinajstić information content (AvgIpc) is 3.15. The molecule has 3 rings (SSSR count). The molecule has 2 heterocycles. The number of para-hydroxylation sites is 1. The lowest BCUT2D eigenvalue weighted by Crippen LogP contribution is -2.32. The summed E-state index contributed by atoms with van der Waals surface area (Å²) in [6.07, 6.45) is -0.0589. The van der Waals surface area contributed by atoms with Crippen molar-refractivity contribution >= 4 is 23.6 Å². The number of aliphatic hydroxyl groups is 1. The number of amides is 2. The van der Waals surface area contributed by atoms with Gasteiger partial charge >= 0.3 is 11.7 Å². The Labute approximate surface area is 200 Å². The summed E-state index contributed by atoms with van der Waals surface area (Å²) in [6.45, 7) is 2.08. The monoisotopic (exact) mass is 488 g/mol. The summed E-state index contributed by atoms with van der Waals surface area (Å²) in [4.78, 5) is 51.9. The van der Waals surface area contributed by atoms with Gasteiger partial charge in [-0.3, -0.25) is 19.0 Å². The first-order valence-electron chi connectivity index (χ1n) is 11.2. The van der Waals surface area contributed by atoms with Gasteiger partial charge in [0.15, 0.2) is 6.23 Å². The van der Waals surface area contributed by atoms with Gasteiger partial charge in [0, 0.05) is 25.6 Å². The summed E-state index contributed by atoms with van der Waals surface area (Å²) in [5, 5.41) is 24.7. The van der Waals surface area contributed by atoms with Crippen LogP contribution in [0, 0.1) is 0 Å². The minimum absolute atomic E-state index is 0.0188. The molecular formula is C23H28N4O8. The number of nitrogens with zero attached hydrogens (tertiary/aromatic N) is 2. The Kier molecular flexibility index (Phi) is 8.92. The van der Waals surface area contributed by atoms with E-state index in [4.69, 9.17) is 9.47 Å². The van der Waals surface area contributed by atoms with Crippen molar-refractivity contribution in [2.24, 2.45) is 0 Å². The number of rotatable bonds is 10. The van der Waals surface area contributed by atoms with Gasteiger partial charge < -0.3 is 30.3 Å². The maximum Gasteiger partial charge on any atom is 0.351 e. The molecule has 1 saturated heterocycles. The van der Waals surface area contributed by atoms with Gasteiger partial charge in [-0.1, -0.05) is 12.1 Å². The molecule has 1 aromatic carbocycles. The molecule has 2 amide bonds. The second-order valence-corrected chi connectivity index (χ2v) is 8.04. The molecule has 0 saturated carbocycles. The van der Waals surface area contributed by atoms with E-state index in [1.165, 1.54) is 24.4 Å². The molecule has 4 N–H and O–H groups in total. The molecule has 2 aromatic rings. The molecule has 12 heteroatoms. The number of carbonyl (C=O) groups is 3. The Morgan fingerprint density at radius 2 is 2.00 bits per heavy atom. The molecule has 0 bridgehead atoms. The second kappa shape index (κ2) is 12.1. The number of anilines is 1. The van der Waals surface area contributed by atoms with Crippen molar-refractivity contribution < 1.29 is 34.1 Å². The van der Waals surface area contributed by atoms with E-state index in [-0.39, 0.29) is 49.2 Å². The highest BCUT2D eigenvalue weighted by molar-refractivity contribution is 5.96. The van der Waals surface area contributed by atoms with Crippen LogP contribution >= 0.6 is 0 Å². The number of esters is 1. The van der Waals surface area contributed by atoms with E-state index in [1.807, 2.05) is 0 Å². The fraction of sp³-hybridized carbons (Fsp3) is 0.435. The second-order valence-electron chi connectivity index (χ2n) is 8.04. The number of ether oxygens (including phenoxy) is 2. The first-order chi connectivity index (χ1) is 16.7. The van der Waals surface area contributed by atoms with E-state index in [9.17, 15) is 29.4 Å². The lowest BCUT2D eigenvalue weighted by Gasteiger charge is -2.17. The third-order valence-electron chi connectivity index (χ3n) is 5.22. The van der Waals surface area contributed by atoms with Gasteiger partial charge in [0.1, 0.15) is 17.7 Å². The Morgan fingerprint density at radius 1 is 1.23 bits per heavy atom. The van der Waals surface area contributed by atoms with Gasteiger partial charge in [-0.25, -0.2) is 4.79 Å². The number of hydrogen-bond donors (Lipinski definition) is 4.